The predicted molar refractivity (Wildman–Crippen MR) is 380 cm³/mol. The van der Waals surface area contributed by atoms with Gasteiger partial charge in [-0.15, -0.1) is 0 Å². The van der Waals surface area contributed by atoms with Gasteiger partial charge in [0.2, 0.25) is 6.79 Å². The minimum atomic E-state index is -1.94. The number of thioether (sulfide) groups is 3. The second kappa shape index (κ2) is 69.2. The highest BCUT2D eigenvalue weighted by molar-refractivity contribution is 7.99. The molecule has 576 valence electrons. The molecule has 0 bridgehead atoms. The van der Waals surface area contributed by atoms with Crippen LogP contribution in [0, 0.1) is 29.3 Å². The monoisotopic (exact) mass is 1520 g/mol. The zero-order valence-electron chi connectivity index (χ0n) is 59.6. The van der Waals surface area contributed by atoms with Gasteiger partial charge in [-0.25, -0.2) is 14.4 Å². The van der Waals surface area contributed by atoms with Crippen LogP contribution in [0.4, 0.5) is 4.79 Å². The molecule has 0 heterocycles. The fraction of sp³-hybridized carbons (Fsp3) is 0.717. The van der Waals surface area contributed by atoms with Crippen LogP contribution in [0.15, 0.2) is 61.3 Å². The van der Waals surface area contributed by atoms with E-state index in [2.05, 4.69) is 52.4 Å². The number of aliphatic carboxylic acids is 3. The van der Waals surface area contributed by atoms with Gasteiger partial charge in [0, 0.05) is 108 Å². The van der Waals surface area contributed by atoms with Crippen molar-refractivity contribution in [1.29, 1.82) is 5.26 Å². The molecule has 38 heteroatoms. The third-order valence-electron chi connectivity index (χ3n) is 11.7. The summed E-state index contributed by atoms with van der Waals surface area (Å²) in [4.78, 5) is 64.0. The number of hydrogen-bond acceptors (Lipinski definition) is 31. The summed E-state index contributed by atoms with van der Waals surface area (Å²) in [6.45, 7) is 31.4. The molecule has 0 fully saturated rings. The molecule has 0 saturated carbocycles. The summed E-state index contributed by atoms with van der Waals surface area (Å²) in [5, 5.41) is 106. The van der Waals surface area contributed by atoms with E-state index in [0.29, 0.717) is 48.6 Å². The van der Waals surface area contributed by atoms with Gasteiger partial charge >= 0.3 is 61.6 Å². The van der Waals surface area contributed by atoms with E-state index in [1.165, 1.54) is 55.4 Å². The van der Waals surface area contributed by atoms with Gasteiger partial charge in [0.25, 0.3) is 6.26 Å². The summed E-state index contributed by atoms with van der Waals surface area (Å²) in [6.07, 6.45) is 0.750. The standard InChI is InChI=1S/C13H21NO7S.3C9H20O4Si.2C7H14O4S.C6H7NO3/c1-8(2)12(18)21-7-14-13(19)20-4-10(15)6-22-5-9(3)11(16)17;3*1-9(10)8-13-6-5-7-14(4,11-2)12-3;2*1-5(7(10)11)3-12-4-6(9)2-8;1-5(2)6(8)10-4-9-3-7/h9-10,15H,1,4-7H2,2-3H3,(H,14,19)(H,16,17);3*10H,1,5-8H2,2-4H3;2*5-6,8-9H,2-4H2,1H3,(H,10,11);1,4H2,2H3. The van der Waals surface area contributed by atoms with Gasteiger partial charge in [-0.1, -0.05) is 53.7 Å². The number of esters is 2. The number of ether oxygens (including phenoxy) is 7. The van der Waals surface area contributed by atoms with Crippen molar-refractivity contribution in [3.05, 3.63) is 61.3 Å². The number of nitriles is 1. The van der Waals surface area contributed by atoms with Gasteiger partial charge < -0.3 is 116 Å². The number of carbonyl (C=O) groups is 6. The number of aliphatic hydroxyl groups excluding tert-OH is 8. The van der Waals surface area contributed by atoms with Crippen molar-refractivity contribution in [2.75, 3.05) is 150 Å². The minimum absolute atomic E-state index is 0.0588. The molecule has 6 atom stereocenters. The normalized spacial score (nSPS) is 12.5. The fourth-order valence-electron chi connectivity index (χ4n) is 5.17. The molecule has 0 aromatic carbocycles. The van der Waals surface area contributed by atoms with Gasteiger partial charge in [0.1, 0.15) is 43.7 Å². The average molecular weight is 1530 g/mol. The zero-order valence-corrected chi connectivity index (χ0v) is 65.1. The highest BCUT2D eigenvalue weighted by Crippen LogP contribution is 2.17. The van der Waals surface area contributed by atoms with E-state index >= 15 is 0 Å². The molecular weight excluding hydrogens is 1410 g/mol. The van der Waals surface area contributed by atoms with Crippen LogP contribution in [-0.4, -0.2) is 286 Å². The molecule has 0 spiro atoms. The van der Waals surface area contributed by atoms with Crippen molar-refractivity contribution in [1.82, 2.24) is 5.32 Å². The molecular formula is C60H116N2O30S3Si3. The van der Waals surface area contributed by atoms with Crippen LogP contribution in [0.5, 0.6) is 0 Å². The molecule has 0 radical (unpaired) electrons. The number of nitrogens with one attached hydrogen (secondary N) is 1. The SMILES string of the molecule is C=C(C)C(=O)OCNC(=O)OCC(O)CSCC(C)C(=O)O.C=C(C)C(=O)OCOC#N.C=C(O)COCCC[Si](C)(OC)OC.C=C(O)COCCC[Si](C)(OC)OC.C=C(O)COCCC[Si](C)(OC)OC.CC(CSCC(O)CO)C(=O)O.CC(CSCC(O)CO)C(=O)O. The van der Waals surface area contributed by atoms with Crippen LogP contribution >= 0.6 is 35.3 Å². The Morgan fingerprint density at radius 2 is 0.765 bits per heavy atom. The second-order valence-electron chi connectivity index (χ2n) is 21.1. The lowest BCUT2D eigenvalue weighted by molar-refractivity contribution is -0.147. The van der Waals surface area contributed by atoms with Crippen LogP contribution in [-0.2, 0) is 83.7 Å². The summed E-state index contributed by atoms with van der Waals surface area (Å²) < 4.78 is 65.0. The Morgan fingerprint density at radius 3 is 1.01 bits per heavy atom. The predicted octanol–water partition coefficient (Wildman–Crippen LogP) is 6.24. The van der Waals surface area contributed by atoms with E-state index in [4.69, 9.17) is 102 Å². The summed E-state index contributed by atoms with van der Waals surface area (Å²) in [5.74, 6) is -2.60. The van der Waals surface area contributed by atoms with E-state index in [0.717, 1.165) is 37.4 Å². The van der Waals surface area contributed by atoms with Crippen molar-refractivity contribution in [3.63, 3.8) is 0 Å². The summed E-state index contributed by atoms with van der Waals surface area (Å²) in [6, 6.07) is 2.66. The Bertz CT molecular complexity index is 2080. The van der Waals surface area contributed by atoms with E-state index < -0.39 is 97.7 Å². The number of carboxylic acids is 3. The number of hydrogen-bond donors (Lipinski definition) is 12. The average Bonchev–Trinajstić information content (AvgIpc) is 1.14. The highest BCUT2D eigenvalue weighted by atomic mass is 32.2. The fourth-order valence-corrected chi connectivity index (χ4v) is 12.3. The van der Waals surface area contributed by atoms with Crippen molar-refractivity contribution in [2.24, 2.45) is 17.8 Å². The maximum absolute atomic E-state index is 11.2. The smallest absolute Gasteiger partial charge is 0.409 e. The third kappa shape index (κ3) is 76.9. The molecule has 0 aliphatic carbocycles. The Morgan fingerprint density at radius 1 is 0.480 bits per heavy atom. The molecule has 0 aromatic heterocycles. The van der Waals surface area contributed by atoms with Crippen molar-refractivity contribution in [3.8, 4) is 6.26 Å². The molecule has 1 amide bonds. The zero-order chi connectivity index (χ0) is 77.3. The van der Waals surface area contributed by atoms with Crippen molar-refractivity contribution in [2.45, 2.75) is 110 Å². The molecule has 0 aromatic rings. The number of alkyl carbamates (subject to hydrolysis) is 1. The Labute approximate surface area is 594 Å². The number of aliphatic hydroxyl groups is 8. The van der Waals surface area contributed by atoms with Gasteiger partial charge in [0.05, 0.1) is 49.3 Å². The quantitative estimate of drug-likeness (QED) is 0.00468. The van der Waals surface area contributed by atoms with Gasteiger partial charge in [-0.3, -0.25) is 19.7 Å². The number of rotatable bonds is 49. The molecule has 0 saturated heterocycles. The van der Waals surface area contributed by atoms with Crippen molar-refractivity contribution < 1.29 is 145 Å². The maximum atomic E-state index is 11.2. The number of amides is 1. The van der Waals surface area contributed by atoms with Crippen LogP contribution in [0.2, 0.25) is 37.8 Å². The Hall–Kier alpha value is -4.85. The van der Waals surface area contributed by atoms with Crippen LogP contribution in [0.25, 0.3) is 0 Å². The van der Waals surface area contributed by atoms with Crippen LogP contribution < -0.4 is 5.32 Å². The number of nitrogens with zero attached hydrogens (tertiary/aromatic N) is 1. The topological polar surface area (TPSA) is 481 Å². The first-order valence-electron chi connectivity index (χ1n) is 30.1. The Balaban J connectivity index is -0.000000200. The van der Waals surface area contributed by atoms with Crippen LogP contribution in [0.3, 0.4) is 0 Å². The molecule has 32 nitrogen and oxygen atoms in total. The molecule has 6 unspecified atom stereocenters. The maximum Gasteiger partial charge on any atom is 0.409 e. The van der Waals surface area contributed by atoms with Gasteiger partial charge in [0.15, 0.2) is 6.73 Å². The lowest BCUT2D eigenvalue weighted by Crippen LogP contribution is -2.36. The number of carboxylic acid groups (broad SMARTS) is 3. The number of carbonyl (C=O) groups excluding carboxylic acids is 3. The first kappa shape index (κ1) is 107. The minimum Gasteiger partial charge on any atom is -0.510 e. The van der Waals surface area contributed by atoms with Crippen LogP contribution in [0.1, 0.15) is 53.9 Å². The summed E-state index contributed by atoms with van der Waals surface area (Å²) in [7, 11) is 4.22. The first-order chi connectivity index (χ1) is 45.7. The lowest BCUT2D eigenvalue weighted by atomic mass is 10.2. The van der Waals surface area contributed by atoms with Gasteiger partial charge in [-0.2, -0.15) is 40.5 Å². The summed E-state index contributed by atoms with van der Waals surface area (Å²) >= 11 is 3.92. The van der Waals surface area contributed by atoms with E-state index in [9.17, 15) is 33.9 Å². The molecule has 0 aliphatic rings. The second-order valence-corrected chi connectivity index (χ2v) is 35.1. The Kier molecular flexibility index (Phi) is 75.3. The molecule has 12 N–H and O–H groups in total. The first-order valence-corrected chi connectivity index (χ1v) is 41.1. The summed E-state index contributed by atoms with van der Waals surface area (Å²) in [5.41, 5.74) is 0.486. The van der Waals surface area contributed by atoms with Crippen molar-refractivity contribution >= 4 is 96.9 Å². The van der Waals surface area contributed by atoms with Gasteiger partial charge in [-0.05, 0) is 70.9 Å². The highest BCUT2D eigenvalue weighted by Gasteiger charge is 2.29. The molecule has 98 heavy (non-hydrogen) atoms. The molecule has 0 rings (SSSR count). The largest absolute Gasteiger partial charge is 0.510 e. The van der Waals surface area contributed by atoms with E-state index in [1.807, 2.05) is 19.6 Å². The third-order valence-corrected chi connectivity index (χ3v) is 24.7. The lowest BCUT2D eigenvalue weighted by Gasteiger charge is -2.22. The molecule has 0 aliphatic heterocycles. The van der Waals surface area contributed by atoms with E-state index in [-0.39, 0.29) is 87.3 Å². The van der Waals surface area contributed by atoms with E-state index in [1.54, 1.807) is 63.4 Å².